The fourth-order valence-electron chi connectivity index (χ4n) is 0.875. The van der Waals surface area contributed by atoms with Crippen LogP contribution in [0.3, 0.4) is 0 Å². The second-order valence-electron chi connectivity index (χ2n) is 2.29. The number of terminal acetylenes is 1. The molecule has 0 amide bonds. The number of aromatic nitrogens is 1. The van der Waals surface area contributed by atoms with Gasteiger partial charge in [-0.1, -0.05) is 5.92 Å². The molecule has 0 aliphatic rings. The molecule has 62 valence electrons. The molecule has 0 spiro atoms. The summed E-state index contributed by atoms with van der Waals surface area (Å²) in [7, 11) is 1.73. The lowest BCUT2D eigenvalue weighted by Gasteiger charge is -2.07. The Morgan fingerprint density at radius 2 is 2.42 bits per heavy atom. The zero-order valence-corrected chi connectivity index (χ0v) is 6.71. The topological polar surface area (TPSA) is 24.9 Å². The fourth-order valence-corrected chi connectivity index (χ4v) is 0.875. The Hall–Kier alpha value is -1.40. The van der Waals surface area contributed by atoms with E-state index >= 15 is 0 Å². The van der Waals surface area contributed by atoms with Gasteiger partial charge < -0.3 is 5.32 Å². The van der Waals surface area contributed by atoms with Crippen LogP contribution in [-0.4, -0.2) is 12.0 Å². The number of nitrogens with zero attached hydrogens (tertiary/aromatic N) is 1. The van der Waals surface area contributed by atoms with E-state index in [0.717, 1.165) is 6.20 Å². The van der Waals surface area contributed by atoms with Crippen molar-refractivity contribution >= 4 is 0 Å². The third-order valence-electron chi connectivity index (χ3n) is 1.50. The third-order valence-corrected chi connectivity index (χ3v) is 1.50. The number of pyridine rings is 1. The molecule has 1 atom stereocenters. The molecule has 1 N–H and O–H groups in total. The molecule has 1 aromatic heterocycles. The third kappa shape index (κ3) is 1.80. The Morgan fingerprint density at radius 3 is 2.83 bits per heavy atom. The average Bonchev–Trinajstić information content (AvgIpc) is 2.10. The van der Waals surface area contributed by atoms with Gasteiger partial charge in [-0.2, -0.15) is 0 Å². The molecule has 1 rings (SSSR count). The van der Waals surface area contributed by atoms with Crippen LogP contribution >= 0.6 is 0 Å². The molecule has 12 heavy (non-hydrogen) atoms. The molecule has 1 aromatic rings. The molecule has 0 fully saturated rings. The summed E-state index contributed by atoms with van der Waals surface area (Å²) in [6, 6.07) is 2.66. The van der Waals surface area contributed by atoms with Crippen LogP contribution in [0.1, 0.15) is 11.7 Å². The summed E-state index contributed by atoms with van der Waals surface area (Å²) in [6.07, 6.45) is 6.36. The Morgan fingerprint density at radius 1 is 1.67 bits per heavy atom. The van der Waals surface area contributed by atoms with Gasteiger partial charge in [0.15, 0.2) is 0 Å². The van der Waals surface area contributed by atoms with E-state index < -0.39 is 0 Å². The van der Waals surface area contributed by atoms with Gasteiger partial charge in [0.2, 0.25) is 0 Å². The maximum Gasteiger partial charge on any atom is 0.141 e. The minimum atomic E-state index is -0.356. The highest BCUT2D eigenvalue weighted by molar-refractivity contribution is 5.18. The van der Waals surface area contributed by atoms with Crippen LogP contribution in [-0.2, 0) is 0 Å². The molecule has 3 heteroatoms. The van der Waals surface area contributed by atoms with E-state index in [9.17, 15) is 4.39 Å². The number of hydrogen-bond donors (Lipinski definition) is 1. The van der Waals surface area contributed by atoms with Gasteiger partial charge in [0.1, 0.15) is 11.9 Å². The van der Waals surface area contributed by atoms with Gasteiger partial charge in [-0.25, -0.2) is 4.39 Å². The highest BCUT2D eigenvalue weighted by atomic mass is 19.1. The molecule has 0 aromatic carbocycles. The lowest BCUT2D eigenvalue weighted by Crippen LogP contribution is -2.15. The Bertz CT molecular complexity index is 286. The molecule has 0 radical (unpaired) electrons. The summed E-state index contributed by atoms with van der Waals surface area (Å²) in [5, 5.41) is 2.87. The number of halogens is 1. The van der Waals surface area contributed by atoms with Crippen molar-refractivity contribution in [1.82, 2.24) is 10.3 Å². The van der Waals surface area contributed by atoms with E-state index in [2.05, 4.69) is 16.2 Å². The molecule has 0 saturated carbocycles. The van der Waals surface area contributed by atoms with E-state index in [1.54, 1.807) is 13.1 Å². The normalized spacial score (nSPS) is 12.1. The molecule has 0 saturated heterocycles. The summed E-state index contributed by atoms with van der Waals surface area (Å²) in [5.74, 6) is 2.14. The van der Waals surface area contributed by atoms with Gasteiger partial charge in [0, 0.05) is 0 Å². The SMILES string of the molecule is C#CC(NC)c1ccc(F)cn1. The minimum absolute atomic E-state index is 0.245. The van der Waals surface area contributed by atoms with Crippen molar-refractivity contribution in [3.63, 3.8) is 0 Å². The van der Waals surface area contributed by atoms with Gasteiger partial charge in [-0.3, -0.25) is 4.98 Å². The molecule has 0 aliphatic carbocycles. The zero-order valence-electron chi connectivity index (χ0n) is 6.71. The van der Waals surface area contributed by atoms with Crippen LogP contribution in [0.25, 0.3) is 0 Å². The van der Waals surface area contributed by atoms with Crippen molar-refractivity contribution in [2.45, 2.75) is 6.04 Å². The highest BCUT2D eigenvalue weighted by Crippen LogP contribution is 2.07. The summed E-state index contributed by atoms with van der Waals surface area (Å²) >= 11 is 0. The van der Waals surface area contributed by atoms with Gasteiger partial charge in [-0.15, -0.1) is 6.42 Å². The van der Waals surface area contributed by atoms with Gasteiger partial charge in [0.25, 0.3) is 0 Å². The van der Waals surface area contributed by atoms with E-state index in [1.165, 1.54) is 6.07 Å². The van der Waals surface area contributed by atoms with E-state index in [0.29, 0.717) is 5.69 Å². The van der Waals surface area contributed by atoms with Crippen molar-refractivity contribution in [3.05, 3.63) is 29.8 Å². The summed E-state index contributed by atoms with van der Waals surface area (Å²) in [6.45, 7) is 0. The lowest BCUT2D eigenvalue weighted by molar-refractivity contribution is 0.614. The Labute approximate surface area is 70.8 Å². The quantitative estimate of drug-likeness (QED) is 0.662. The van der Waals surface area contributed by atoms with E-state index in [1.807, 2.05) is 0 Å². The monoisotopic (exact) mass is 164 g/mol. The van der Waals surface area contributed by atoms with Crippen molar-refractivity contribution in [2.24, 2.45) is 0 Å². The van der Waals surface area contributed by atoms with Gasteiger partial charge >= 0.3 is 0 Å². The average molecular weight is 164 g/mol. The van der Waals surface area contributed by atoms with Crippen LogP contribution in [0.2, 0.25) is 0 Å². The molecule has 0 bridgehead atoms. The molecule has 1 unspecified atom stereocenters. The highest BCUT2D eigenvalue weighted by Gasteiger charge is 2.05. The van der Waals surface area contributed by atoms with E-state index in [4.69, 9.17) is 6.42 Å². The first-order valence-electron chi connectivity index (χ1n) is 3.52. The second-order valence-corrected chi connectivity index (χ2v) is 2.29. The second kappa shape index (κ2) is 3.84. The van der Waals surface area contributed by atoms with Crippen LogP contribution in [0.5, 0.6) is 0 Å². The first-order chi connectivity index (χ1) is 5.77. The smallest absolute Gasteiger partial charge is 0.141 e. The molecular weight excluding hydrogens is 155 g/mol. The van der Waals surface area contributed by atoms with Crippen LogP contribution in [0.4, 0.5) is 4.39 Å². The molecular formula is C9H9FN2. The Kier molecular flexibility index (Phi) is 2.78. The van der Waals surface area contributed by atoms with Crippen molar-refractivity contribution in [3.8, 4) is 12.3 Å². The minimum Gasteiger partial charge on any atom is -0.302 e. The molecule has 2 nitrogen and oxygen atoms in total. The zero-order chi connectivity index (χ0) is 8.97. The summed E-state index contributed by atoms with van der Waals surface area (Å²) < 4.78 is 12.4. The fraction of sp³-hybridized carbons (Fsp3) is 0.222. The van der Waals surface area contributed by atoms with Crippen LogP contribution in [0.15, 0.2) is 18.3 Å². The predicted octanol–water partition coefficient (Wildman–Crippen LogP) is 1.11. The first-order valence-corrected chi connectivity index (χ1v) is 3.52. The van der Waals surface area contributed by atoms with Gasteiger partial charge in [-0.05, 0) is 19.2 Å². The van der Waals surface area contributed by atoms with Gasteiger partial charge in [0.05, 0.1) is 11.9 Å². The number of rotatable bonds is 2. The number of nitrogens with one attached hydrogen (secondary N) is 1. The number of hydrogen-bond acceptors (Lipinski definition) is 2. The summed E-state index contributed by atoms with van der Waals surface area (Å²) in [5.41, 5.74) is 0.654. The largest absolute Gasteiger partial charge is 0.302 e. The van der Waals surface area contributed by atoms with Crippen molar-refractivity contribution in [2.75, 3.05) is 7.05 Å². The molecule has 1 heterocycles. The maximum absolute atomic E-state index is 12.4. The Balaban J connectivity index is 2.89. The van der Waals surface area contributed by atoms with Crippen LogP contribution in [0, 0.1) is 18.2 Å². The van der Waals surface area contributed by atoms with Crippen molar-refractivity contribution in [1.29, 1.82) is 0 Å². The summed E-state index contributed by atoms with van der Waals surface area (Å²) in [4.78, 5) is 3.84. The maximum atomic E-state index is 12.4. The van der Waals surface area contributed by atoms with E-state index in [-0.39, 0.29) is 11.9 Å². The van der Waals surface area contributed by atoms with Crippen LogP contribution < -0.4 is 5.32 Å². The standard InChI is InChI=1S/C9H9FN2/c1-3-8(11-2)9-5-4-7(10)6-12-9/h1,4-6,8,11H,2H3. The molecule has 0 aliphatic heterocycles. The van der Waals surface area contributed by atoms with Crippen molar-refractivity contribution < 1.29 is 4.39 Å². The lowest BCUT2D eigenvalue weighted by atomic mass is 10.2. The first kappa shape index (κ1) is 8.69. The predicted molar refractivity (Wildman–Crippen MR) is 44.8 cm³/mol.